The molecule has 0 aromatic rings. The molecule has 2 unspecified atom stereocenters. The van der Waals surface area contributed by atoms with Crippen molar-refractivity contribution in [2.75, 3.05) is 31.6 Å². The number of hydrogen-bond acceptors (Lipinski definition) is 4. The van der Waals surface area contributed by atoms with Crippen molar-refractivity contribution < 1.29 is 8.42 Å². The zero-order valence-corrected chi connectivity index (χ0v) is 12.8. The third kappa shape index (κ3) is 5.24. The van der Waals surface area contributed by atoms with E-state index in [0.717, 1.165) is 32.4 Å². The van der Waals surface area contributed by atoms with Crippen LogP contribution in [0, 0.1) is 0 Å². The predicted octanol–water partition coefficient (Wildman–Crippen LogP) is 1.27. The molecule has 1 saturated heterocycles. The van der Waals surface area contributed by atoms with Crippen molar-refractivity contribution in [1.29, 1.82) is 0 Å². The summed E-state index contributed by atoms with van der Waals surface area (Å²) >= 11 is 0. The molecule has 0 aliphatic carbocycles. The molecule has 108 valence electrons. The van der Waals surface area contributed by atoms with Crippen LogP contribution in [-0.2, 0) is 9.84 Å². The van der Waals surface area contributed by atoms with Gasteiger partial charge in [0, 0.05) is 12.1 Å². The Morgan fingerprint density at radius 2 is 2.11 bits per heavy atom. The molecule has 2 atom stereocenters. The number of hydrogen-bond donors (Lipinski definition) is 1. The molecular formula is C13H28N2O2S. The van der Waals surface area contributed by atoms with Crippen LogP contribution in [0.3, 0.4) is 0 Å². The van der Waals surface area contributed by atoms with Gasteiger partial charge in [-0.3, -0.25) is 4.90 Å². The number of sulfone groups is 1. The average molecular weight is 276 g/mol. The van der Waals surface area contributed by atoms with E-state index in [0.29, 0.717) is 17.5 Å². The molecule has 0 aromatic heterocycles. The van der Waals surface area contributed by atoms with Crippen molar-refractivity contribution in [3.8, 4) is 0 Å². The van der Waals surface area contributed by atoms with Crippen LogP contribution in [0.5, 0.6) is 0 Å². The molecule has 4 nitrogen and oxygen atoms in total. The van der Waals surface area contributed by atoms with Gasteiger partial charge in [-0.1, -0.05) is 6.92 Å². The maximum absolute atomic E-state index is 11.5. The lowest BCUT2D eigenvalue weighted by Crippen LogP contribution is -2.39. The quantitative estimate of drug-likeness (QED) is 0.678. The van der Waals surface area contributed by atoms with E-state index in [4.69, 9.17) is 0 Å². The van der Waals surface area contributed by atoms with Crippen LogP contribution in [0.25, 0.3) is 0 Å². The van der Waals surface area contributed by atoms with Crippen LogP contribution in [-0.4, -0.2) is 57.0 Å². The number of nitrogens with zero attached hydrogens (tertiary/aromatic N) is 1. The van der Waals surface area contributed by atoms with E-state index in [1.54, 1.807) is 0 Å². The van der Waals surface area contributed by atoms with Gasteiger partial charge in [0.25, 0.3) is 0 Å². The Morgan fingerprint density at radius 1 is 1.39 bits per heavy atom. The molecule has 1 rings (SSSR count). The van der Waals surface area contributed by atoms with Gasteiger partial charge in [0.05, 0.1) is 11.5 Å². The van der Waals surface area contributed by atoms with Crippen LogP contribution < -0.4 is 5.32 Å². The molecule has 0 amide bonds. The topological polar surface area (TPSA) is 49.4 Å². The molecule has 1 fully saturated rings. The molecule has 0 bridgehead atoms. The summed E-state index contributed by atoms with van der Waals surface area (Å²) in [6.07, 6.45) is 4.27. The lowest BCUT2D eigenvalue weighted by Gasteiger charge is -2.29. The summed E-state index contributed by atoms with van der Waals surface area (Å²) in [6, 6.07) is 0.695. The first-order valence-electron chi connectivity index (χ1n) is 7.09. The molecule has 1 N–H and O–H groups in total. The summed E-state index contributed by atoms with van der Waals surface area (Å²) in [5.74, 6) is 0.717. The Hall–Kier alpha value is -0.130. The van der Waals surface area contributed by atoms with E-state index >= 15 is 0 Å². The molecule has 1 aliphatic rings. The SMILES string of the molecule is CCCNCCCC(C)N(C)C1CCS(=O)(=O)C1. The minimum absolute atomic E-state index is 0.230. The van der Waals surface area contributed by atoms with Crippen molar-refractivity contribution in [1.82, 2.24) is 10.2 Å². The summed E-state index contributed by atoms with van der Waals surface area (Å²) in [5.41, 5.74) is 0. The Bertz CT molecular complexity index is 330. The molecule has 0 radical (unpaired) electrons. The third-order valence-corrected chi connectivity index (χ3v) is 5.63. The van der Waals surface area contributed by atoms with Gasteiger partial charge in [0.15, 0.2) is 9.84 Å². The fourth-order valence-corrected chi connectivity index (χ4v) is 4.27. The van der Waals surface area contributed by atoms with E-state index < -0.39 is 9.84 Å². The zero-order valence-electron chi connectivity index (χ0n) is 12.0. The Labute approximate surface area is 112 Å². The van der Waals surface area contributed by atoms with Gasteiger partial charge in [-0.05, 0) is 52.7 Å². The lowest BCUT2D eigenvalue weighted by atomic mass is 10.1. The second kappa shape index (κ2) is 7.46. The highest BCUT2D eigenvalue weighted by molar-refractivity contribution is 7.91. The molecule has 5 heteroatoms. The fraction of sp³-hybridized carbons (Fsp3) is 1.00. The zero-order chi connectivity index (χ0) is 13.6. The lowest BCUT2D eigenvalue weighted by molar-refractivity contribution is 0.188. The van der Waals surface area contributed by atoms with Gasteiger partial charge in [0.2, 0.25) is 0 Å². The Balaban J connectivity index is 2.23. The van der Waals surface area contributed by atoms with Gasteiger partial charge in [-0.25, -0.2) is 8.42 Å². The van der Waals surface area contributed by atoms with Crippen molar-refractivity contribution in [3.05, 3.63) is 0 Å². The van der Waals surface area contributed by atoms with Gasteiger partial charge >= 0.3 is 0 Å². The normalized spacial score (nSPS) is 24.6. The van der Waals surface area contributed by atoms with Crippen molar-refractivity contribution in [2.24, 2.45) is 0 Å². The summed E-state index contributed by atoms with van der Waals surface area (Å²) in [4.78, 5) is 2.25. The van der Waals surface area contributed by atoms with Crippen LogP contribution in [0.2, 0.25) is 0 Å². The second-order valence-electron chi connectivity index (χ2n) is 5.46. The van der Waals surface area contributed by atoms with Crippen LogP contribution in [0.15, 0.2) is 0 Å². The predicted molar refractivity (Wildman–Crippen MR) is 76.7 cm³/mol. The largest absolute Gasteiger partial charge is 0.317 e. The Kier molecular flexibility index (Phi) is 6.60. The first-order chi connectivity index (χ1) is 8.46. The standard InChI is InChI=1S/C13H28N2O2S/c1-4-8-14-9-5-6-12(2)15(3)13-7-10-18(16,17)11-13/h12-14H,4-11H2,1-3H3. The minimum Gasteiger partial charge on any atom is -0.317 e. The smallest absolute Gasteiger partial charge is 0.151 e. The molecule has 0 spiro atoms. The summed E-state index contributed by atoms with van der Waals surface area (Å²) in [7, 11) is -0.695. The number of rotatable bonds is 8. The monoisotopic (exact) mass is 276 g/mol. The molecule has 1 aliphatic heterocycles. The van der Waals surface area contributed by atoms with Crippen molar-refractivity contribution >= 4 is 9.84 Å². The highest BCUT2D eigenvalue weighted by atomic mass is 32.2. The van der Waals surface area contributed by atoms with E-state index in [9.17, 15) is 8.42 Å². The molecular weight excluding hydrogens is 248 g/mol. The second-order valence-corrected chi connectivity index (χ2v) is 7.69. The van der Waals surface area contributed by atoms with Crippen LogP contribution >= 0.6 is 0 Å². The maximum Gasteiger partial charge on any atom is 0.151 e. The average Bonchev–Trinajstić information content (AvgIpc) is 2.68. The summed E-state index contributed by atoms with van der Waals surface area (Å²) < 4.78 is 22.9. The van der Waals surface area contributed by atoms with Gasteiger partial charge < -0.3 is 5.32 Å². The van der Waals surface area contributed by atoms with Crippen molar-refractivity contribution in [2.45, 2.75) is 51.6 Å². The summed E-state index contributed by atoms with van der Waals surface area (Å²) in [6.45, 7) is 6.52. The van der Waals surface area contributed by atoms with E-state index in [1.807, 2.05) is 0 Å². The van der Waals surface area contributed by atoms with Crippen molar-refractivity contribution in [3.63, 3.8) is 0 Å². The summed E-state index contributed by atoms with van der Waals surface area (Å²) in [5, 5.41) is 3.40. The highest BCUT2D eigenvalue weighted by Crippen LogP contribution is 2.19. The van der Waals surface area contributed by atoms with Crippen LogP contribution in [0.4, 0.5) is 0 Å². The minimum atomic E-state index is -2.76. The van der Waals surface area contributed by atoms with Gasteiger partial charge in [0.1, 0.15) is 0 Å². The molecule has 18 heavy (non-hydrogen) atoms. The number of nitrogens with one attached hydrogen (secondary N) is 1. The highest BCUT2D eigenvalue weighted by Gasteiger charge is 2.32. The molecule has 0 aromatic carbocycles. The third-order valence-electron chi connectivity index (χ3n) is 3.88. The van der Waals surface area contributed by atoms with E-state index in [2.05, 4.69) is 31.1 Å². The first kappa shape index (κ1) is 15.9. The fourth-order valence-electron chi connectivity index (χ4n) is 2.48. The van der Waals surface area contributed by atoms with Gasteiger partial charge in [-0.2, -0.15) is 0 Å². The molecule has 1 heterocycles. The van der Waals surface area contributed by atoms with E-state index in [-0.39, 0.29) is 6.04 Å². The van der Waals surface area contributed by atoms with Gasteiger partial charge in [-0.15, -0.1) is 0 Å². The molecule has 0 saturated carbocycles. The van der Waals surface area contributed by atoms with Crippen LogP contribution in [0.1, 0.15) is 39.5 Å². The Morgan fingerprint density at radius 3 is 2.67 bits per heavy atom. The van der Waals surface area contributed by atoms with E-state index in [1.165, 1.54) is 6.42 Å². The maximum atomic E-state index is 11.5. The first-order valence-corrected chi connectivity index (χ1v) is 8.91.